The van der Waals surface area contributed by atoms with E-state index in [1.807, 2.05) is 40.9 Å². The third-order valence-corrected chi connectivity index (χ3v) is 5.37. The zero-order valence-corrected chi connectivity index (χ0v) is 16.7. The van der Waals surface area contributed by atoms with Gasteiger partial charge >= 0.3 is 0 Å². The number of benzene rings is 2. The fourth-order valence-electron chi connectivity index (χ4n) is 2.97. The monoisotopic (exact) mass is 397 g/mol. The molecule has 28 heavy (non-hydrogen) atoms. The summed E-state index contributed by atoms with van der Waals surface area (Å²) < 4.78 is 23.3. The van der Waals surface area contributed by atoms with Crippen LogP contribution in [0.15, 0.2) is 42.6 Å². The van der Waals surface area contributed by atoms with Crippen molar-refractivity contribution in [2.75, 3.05) is 28.4 Å². The Balaban J connectivity index is 1.77. The zero-order chi connectivity index (χ0) is 19.7. The van der Waals surface area contributed by atoms with Gasteiger partial charge in [0.15, 0.2) is 23.0 Å². The Morgan fingerprint density at radius 3 is 1.93 bits per heavy atom. The average molecular weight is 397 g/mol. The van der Waals surface area contributed by atoms with E-state index in [0.29, 0.717) is 23.0 Å². The minimum absolute atomic E-state index is 0.658. The standard InChI is InChI=1S/C20H19N3O4S/c1-24-15-7-5-12(9-17(15)26-3)14-11-21-20-23(14)22-19(28-20)13-6-8-16(25-2)18(10-13)27-4/h5-11H,1-4H3. The highest BCUT2D eigenvalue weighted by Gasteiger charge is 2.16. The summed E-state index contributed by atoms with van der Waals surface area (Å²) in [7, 11) is 6.46. The average Bonchev–Trinajstić information content (AvgIpc) is 3.33. The third-order valence-electron chi connectivity index (χ3n) is 4.40. The van der Waals surface area contributed by atoms with Gasteiger partial charge < -0.3 is 18.9 Å². The molecule has 4 aromatic rings. The second kappa shape index (κ2) is 7.40. The van der Waals surface area contributed by atoms with Crippen molar-refractivity contribution in [3.63, 3.8) is 0 Å². The molecule has 0 N–H and O–H groups in total. The van der Waals surface area contributed by atoms with Crippen molar-refractivity contribution >= 4 is 16.3 Å². The largest absolute Gasteiger partial charge is 0.493 e. The van der Waals surface area contributed by atoms with Crippen molar-refractivity contribution < 1.29 is 18.9 Å². The normalized spacial score (nSPS) is 10.9. The molecule has 0 aliphatic carbocycles. The number of methoxy groups -OCH3 is 4. The minimum atomic E-state index is 0.658. The lowest BCUT2D eigenvalue weighted by Crippen LogP contribution is -1.93. The van der Waals surface area contributed by atoms with Gasteiger partial charge in [0.1, 0.15) is 5.01 Å². The lowest BCUT2D eigenvalue weighted by atomic mass is 10.1. The maximum Gasteiger partial charge on any atom is 0.213 e. The van der Waals surface area contributed by atoms with Gasteiger partial charge in [0.2, 0.25) is 4.96 Å². The molecule has 0 aliphatic rings. The van der Waals surface area contributed by atoms with Crippen molar-refractivity contribution in [2.45, 2.75) is 0 Å². The molecule has 0 atom stereocenters. The first-order chi connectivity index (χ1) is 13.7. The van der Waals surface area contributed by atoms with Gasteiger partial charge in [-0.15, -0.1) is 0 Å². The van der Waals surface area contributed by atoms with E-state index in [-0.39, 0.29) is 0 Å². The Labute approximate surface area is 166 Å². The number of fused-ring (bicyclic) bond motifs is 1. The first kappa shape index (κ1) is 18.1. The third kappa shape index (κ3) is 3.01. The van der Waals surface area contributed by atoms with E-state index in [0.717, 1.165) is 26.8 Å². The van der Waals surface area contributed by atoms with Crippen LogP contribution in [0.5, 0.6) is 23.0 Å². The molecule has 144 valence electrons. The number of imidazole rings is 1. The predicted molar refractivity (Wildman–Crippen MR) is 108 cm³/mol. The van der Waals surface area contributed by atoms with Crippen LogP contribution in [0.1, 0.15) is 0 Å². The van der Waals surface area contributed by atoms with Gasteiger partial charge in [-0.25, -0.2) is 9.50 Å². The summed E-state index contributed by atoms with van der Waals surface area (Å²) in [5, 5.41) is 5.59. The van der Waals surface area contributed by atoms with Gasteiger partial charge in [-0.1, -0.05) is 11.3 Å². The molecule has 4 rings (SSSR count). The molecule has 2 aromatic carbocycles. The van der Waals surface area contributed by atoms with E-state index in [9.17, 15) is 0 Å². The van der Waals surface area contributed by atoms with Crippen LogP contribution < -0.4 is 18.9 Å². The Morgan fingerprint density at radius 1 is 0.750 bits per heavy atom. The van der Waals surface area contributed by atoms with Gasteiger partial charge in [0, 0.05) is 11.1 Å². The Kier molecular flexibility index (Phi) is 4.79. The summed E-state index contributed by atoms with van der Waals surface area (Å²) >= 11 is 1.50. The van der Waals surface area contributed by atoms with E-state index in [4.69, 9.17) is 24.0 Å². The topological polar surface area (TPSA) is 67.1 Å². The van der Waals surface area contributed by atoms with Gasteiger partial charge in [-0.3, -0.25) is 0 Å². The molecule has 2 heterocycles. The lowest BCUT2D eigenvalue weighted by Gasteiger charge is -2.09. The van der Waals surface area contributed by atoms with Crippen LogP contribution in [0.4, 0.5) is 0 Å². The summed E-state index contributed by atoms with van der Waals surface area (Å²) in [6.45, 7) is 0. The van der Waals surface area contributed by atoms with E-state index in [1.54, 1.807) is 34.6 Å². The SMILES string of the molecule is COc1ccc(-c2nn3c(-c4ccc(OC)c(OC)c4)cnc3s2)cc1OC. The minimum Gasteiger partial charge on any atom is -0.493 e. The van der Waals surface area contributed by atoms with Gasteiger partial charge in [-0.05, 0) is 36.4 Å². The highest BCUT2D eigenvalue weighted by atomic mass is 32.1. The van der Waals surface area contributed by atoms with Crippen LogP contribution in [0.25, 0.3) is 26.8 Å². The molecule has 8 heteroatoms. The highest BCUT2D eigenvalue weighted by molar-refractivity contribution is 7.19. The van der Waals surface area contributed by atoms with Crippen LogP contribution in [0, 0.1) is 0 Å². The molecular formula is C20H19N3O4S. The maximum absolute atomic E-state index is 5.41. The van der Waals surface area contributed by atoms with E-state index in [1.165, 1.54) is 11.3 Å². The molecule has 0 fully saturated rings. The molecule has 0 bridgehead atoms. The smallest absolute Gasteiger partial charge is 0.213 e. The summed E-state index contributed by atoms with van der Waals surface area (Å²) in [5.41, 5.74) is 2.75. The first-order valence-corrected chi connectivity index (χ1v) is 9.29. The molecule has 0 saturated carbocycles. The number of nitrogens with zero attached hydrogens (tertiary/aromatic N) is 3. The summed E-state index contributed by atoms with van der Waals surface area (Å²) in [6.07, 6.45) is 1.80. The lowest BCUT2D eigenvalue weighted by molar-refractivity contribution is 0.355. The van der Waals surface area contributed by atoms with Crippen LogP contribution in [-0.2, 0) is 0 Å². The summed E-state index contributed by atoms with van der Waals surface area (Å²) in [5.74, 6) is 2.67. The molecule has 0 spiro atoms. The number of hydrogen-bond acceptors (Lipinski definition) is 7. The van der Waals surface area contributed by atoms with Crippen LogP contribution in [-0.4, -0.2) is 43.0 Å². The fourth-order valence-corrected chi connectivity index (χ4v) is 3.84. The molecule has 0 radical (unpaired) electrons. The van der Waals surface area contributed by atoms with Crippen molar-refractivity contribution in [1.82, 2.24) is 14.6 Å². The second-order valence-corrected chi connectivity index (χ2v) is 6.84. The molecule has 0 unspecified atom stereocenters. The molecule has 2 aromatic heterocycles. The molecular weight excluding hydrogens is 378 g/mol. The fraction of sp³-hybridized carbons (Fsp3) is 0.200. The molecule has 0 amide bonds. The summed E-state index contributed by atoms with van der Waals surface area (Å²) in [4.78, 5) is 5.31. The van der Waals surface area contributed by atoms with Crippen LogP contribution >= 0.6 is 11.3 Å². The summed E-state index contributed by atoms with van der Waals surface area (Å²) in [6, 6.07) is 11.5. The quantitative estimate of drug-likeness (QED) is 0.487. The number of ether oxygens (including phenoxy) is 4. The van der Waals surface area contributed by atoms with Gasteiger partial charge in [-0.2, -0.15) is 5.10 Å². The van der Waals surface area contributed by atoms with Gasteiger partial charge in [0.25, 0.3) is 0 Å². The second-order valence-electron chi connectivity index (χ2n) is 5.88. The Bertz CT molecular complexity index is 1140. The van der Waals surface area contributed by atoms with E-state index >= 15 is 0 Å². The number of aromatic nitrogens is 3. The first-order valence-electron chi connectivity index (χ1n) is 8.48. The van der Waals surface area contributed by atoms with Crippen LogP contribution in [0.2, 0.25) is 0 Å². The number of rotatable bonds is 6. The maximum atomic E-state index is 5.41. The number of hydrogen-bond donors (Lipinski definition) is 0. The van der Waals surface area contributed by atoms with Crippen molar-refractivity contribution in [2.24, 2.45) is 0 Å². The molecule has 0 aliphatic heterocycles. The van der Waals surface area contributed by atoms with E-state index < -0.39 is 0 Å². The Hall–Kier alpha value is -3.26. The van der Waals surface area contributed by atoms with Crippen molar-refractivity contribution in [3.8, 4) is 44.8 Å². The molecule has 0 saturated heterocycles. The van der Waals surface area contributed by atoms with E-state index in [2.05, 4.69) is 4.98 Å². The van der Waals surface area contributed by atoms with Gasteiger partial charge in [0.05, 0.1) is 40.3 Å². The molecule has 7 nitrogen and oxygen atoms in total. The van der Waals surface area contributed by atoms with Crippen LogP contribution in [0.3, 0.4) is 0 Å². The predicted octanol–water partition coefficient (Wildman–Crippen LogP) is 4.16. The zero-order valence-electron chi connectivity index (χ0n) is 15.9. The van der Waals surface area contributed by atoms with Crippen molar-refractivity contribution in [3.05, 3.63) is 42.6 Å². The highest BCUT2D eigenvalue weighted by Crippen LogP contribution is 2.36. The Morgan fingerprint density at radius 2 is 1.32 bits per heavy atom. The van der Waals surface area contributed by atoms with Crippen molar-refractivity contribution in [1.29, 1.82) is 0 Å².